The van der Waals surface area contributed by atoms with Gasteiger partial charge in [-0.3, -0.25) is 0 Å². The molecule has 2 atom stereocenters. The minimum Gasteiger partial charge on any atom is -0.496 e. The van der Waals surface area contributed by atoms with Crippen LogP contribution in [0.4, 0.5) is 0 Å². The van der Waals surface area contributed by atoms with E-state index in [1.165, 1.54) is 0 Å². The second-order valence-electron chi connectivity index (χ2n) is 3.97. The Bertz CT molecular complexity index is 364. The normalized spacial score (nSPS) is 22.1. The van der Waals surface area contributed by atoms with Crippen LogP contribution in [0.2, 0.25) is 0 Å². The van der Waals surface area contributed by atoms with Crippen LogP contribution >= 0.6 is 15.9 Å². The Kier molecular flexibility index (Phi) is 3.84. The molecule has 1 aliphatic heterocycles. The zero-order chi connectivity index (χ0) is 11.5. The van der Waals surface area contributed by atoms with Gasteiger partial charge in [0.15, 0.2) is 0 Å². The third-order valence-electron chi connectivity index (χ3n) is 2.93. The zero-order valence-electron chi connectivity index (χ0n) is 9.28. The lowest BCUT2D eigenvalue weighted by Gasteiger charge is -2.19. The second kappa shape index (κ2) is 5.17. The predicted molar refractivity (Wildman–Crippen MR) is 66.6 cm³/mol. The summed E-state index contributed by atoms with van der Waals surface area (Å²) < 4.78 is 11.7. The lowest BCUT2D eigenvalue weighted by atomic mass is 10.0. The number of benzene rings is 1. The van der Waals surface area contributed by atoms with Crippen molar-refractivity contribution in [2.75, 3.05) is 13.7 Å². The number of nitrogens with two attached hydrogens (primary N) is 1. The molecule has 2 N–H and O–H groups in total. The Labute approximate surface area is 104 Å². The minimum atomic E-state index is -0.0512. The molecule has 1 aliphatic rings. The van der Waals surface area contributed by atoms with Crippen molar-refractivity contribution in [2.45, 2.75) is 25.0 Å². The smallest absolute Gasteiger partial charge is 0.133 e. The molecule has 2 unspecified atom stereocenters. The maximum absolute atomic E-state index is 6.17. The summed E-state index contributed by atoms with van der Waals surface area (Å²) in [4.78, 5) is 0. The van der Waals surface area contributed by atoms with Crippen molar-refractivity contribution < 1.29 is 9.47 Å². The van der Waals surface area contributed by atoms with Gasteiger partial charge in [0.25, 0.3) is 0 Å². The molecule has 0 aromatic heterocycles. The van der Waals surface area contributed by atoms with E-state index in [-0.39, 0.29) is 12.1 Å². The number of rotatable bonds is 3. The summed E-state index contributed by atoms with van der Waals surface area (Å²) in [5, 5.41) is 0. The fraction of sp³-hybridized carbons (Fsp3) is 0.500. The van der Waals surface area contributed by atoms with E-state index in [9.17, 15) is 0 Å². The fourth-order valence-corrected chi connectivity index (χ4v) is 2.55. The van der Waals surface area contributed by atoms with Crippen LogP contribution in [-0.2, 0) is 4.74 Å². The SMILES string of the molecule is COc1ccc(C(N)C2CCCO2)cc1Br. The van der Waals surface area contributed by atoms with Gasteiger partial charge in [0.1, 0.15) is 5.75 Å². The standard InChI is InChI=1S/C12H16BrNO2/c1-15-10-5-4-8(7-9(10)13)12(14)11-3-2-6-16-11/h4-5,7,11-12H,2-3,6,14H2,1H3. The van der Waals surface area contributed by atoms with Crippen LogP contribution in [0.3, 0.4) is 0 Å². The summed E-state index contributed by atoms with van der Waals surface area (Å²) in [6.45, 7) is 0.829. The van der Waals surface area contributed by atoms with E-state index >= 15 is 0 Å². The third kappa shape index (κ3) is 2.39. The van der Waals surface area contributed by atoms with Gasteiger partial charge in [-0.1, -0.05) is 6.07 Å². The number of halogens is 1. The number of methoxy groups -OCH3 is 1. The van der Waals surface area contributed by atoms with E-state index in [4.69, 9.17) is 15.2 Å². The highest BCUT2D eigenvalue weighted by molar-refractivity contribution is 9.10. The Balaban J connectivity index is 2.16. The van der Waals surface area contributed by atoms with E-state index in [1.54, 1.807) is 7.11 Å². The van der Waals surface area contributed by atoms with Crippen LogP contribution in [0.25, 0.3) is 0 Å². The van der Waals surface area contributed by atoms with Gasteiger partial charge in [0, 0.05) is 6.61 Å². The minimum absolute atomic E-state index is 0.0512. The molecule has 0 spiro atoms. The second-order valence-corrected chi connectivity index (χ2v) is 4.83. The van der Waals surface area contributed by atoms with Crippen molar-refractivity contribution >= 4 is 15.9 Å². The Morgan fingerprint density at radius 2 is 2.38 bits per heavy atom. The van der Waals surface area contributed by atoms with Crippen molar-refractivity contribution in [3.05, 3.63) is 28.2 Å². The van der Waals surface area contributed by atoms with Crippen molar-refractivity contribution in [3.63, 3.8) is 0 Å². The molecule has 1 fully saturated rings. The molecule has 0 amide bonds. The first-order chi connectivity index (χ1) is 7.72. The van der Waals surface area contributed by atoms with E-state index in [2.05, 4.69) is 15.9 Å². The molecular formula is C12H16BrNO2. The molecule has 0 aliphatic carbocycles. The molecule has 88 valence electrons. The van der Waals surface area contributed by atoms with E-state index in [0.29, 0.717) is 0 Å². The van der Waals surface area contributed by atoms with Crippen LogP contribution < -0.4 is 10.5 Å². The molecule has 2 rings (SSSR count). The number of ether oxygens (including phenoxy) is 2. The van der Waals surface area contributed by atoms with Gasteiger partial charge in [-0.15, -0.1) is 0 Å². The largest absolute Gasteiger partial charge is 0.496 e. The molecule has 4 heteroatoms. The van der Waals surface area contributed by atoms with E-state index < -0.39 is 0 Å². The molecule has 1 aromatic carbocycles. The Morgan fingerprint density at radius 3 is 2.94 bits per heavy atom. The van der Waals surface area contributed by atoms with Gasteiger partial charge in [0.05, 0.1) is 23.7 Å². The van der Waals surface area contributed by atoms with Crippen LogP contribution in [-0.4, -0.2) is 19.8 Å². The molecule has 1 heterocycles. The maximum atomic E-state index is 6.17. The van der Waals surface area contributed by atoms with Crippen LogP contribution in [0, 0.1) is 0 Å². The maximum Gasteiger partial charge on any atom is 0.133 e. The average molecular weight is 286 g/mol. The third-order valence-corrected chi connectivity index (χ3v) is 3.55. The summed E-state index contributed by atoms with van der Waals surface area (Å²) in [5.41, 5.74) is 7.26. The van der Waals surface area contributed by atoms with Crippen LogP contribution in [0.15, 0.2) is 22.7 Å². The van der Waals surface area contributed by atoms with Crippen molar-refractivity contribution in [2.24, 2.45) is 5.73 Å². The van der Waals surface area contributed by atoms with Crippen molar-refractivity contribution in [1.29, 1.82) is 0 Å². The van der Waals surface area contributed by atoms with Crippen molar-refractivity contribution in [3.8, 4) is 5.75 Å². The molecule has 0 radical (unpaired) electrons. The van der Waals surface area contributed by atoms with E-state index in [1.807, 2.05) is 18.2 Å². The van der Waals surface area contributed by atoms with Crippen LogP contribution in [0.1, 0.15) is 24.4 Å². The highest BCUT2D eigenvalue weighted by Gasteiger charge is 2.24. The molecule has 0 saturated carbocycles. The fourth-order valence-electron chi connectivity index (χ4n) is 1.99. The van der Waals surface area contributed by atoms with Crippen molar-refractivity contribution in [1.82, 2.24) is 0 Å². The highest BCUT2D eigenvalue weighted by Crippen LogP contribution is 2.31. The summed E-state index contributed by atoms with van der Waals surface area (Å²) in [7, 11) is 1.65. The molecular weight excluding hydrogens is 270 g/mol. The lowest BCUT2D eigenvalue weighted by molar-refractivity contribution is 0.0900. The molecule has 3 nitrogen and oxygen atoms in total. The highest BCUT2D eigenvalue weighted by atomic mass is 79.9. The Morgan fingerprint density at radius 1 is 1.56 bits per heavy atom. The summed E-state index contributed by atoms with van der Waals surface area (Å²) in [6, 6.07) is 5.87. The first kappa shape index (κ1) is 11.9. The number of hydrogen-bond acceptors (Lipinski definition) is 3. The topological polar surface area (TPSA) is 44.5 Å². The predicted octanol–water partition coefficient (Wildman–Crippen LogP) is 2.64. The molecule has 1 aromatic rings. The zero-order valence-corrected chi connectivity index (χ0v) is 10.9. The van der Waals surface area contributed by atoms with Gasteiger partial charge < -0.3 is 15.2 Å². The first-order valence-electron chi connectivity index (χ1n) is 5.43. The number of hydrogen-bond donors (Lipinski definition) is 1. The molecule has 1 saturated heterocycles. The van der Waals surface area contributed by atoms with E-state index in [0.717, 1.165) is 35.2 Å². The summed E-state index contributed by atoms with van der Waals surface area (Å²) in [6.07, 6.45) is 2.31. The quantitative estimate of drug-likeness (QED) is 0.929. The summed E-state index contributed by atoms with van der Waals surface area (Å²) in [5.74, 6) is 0.822. The van der Waals surface area contributed by atoms with Gasteiger partial charge >= 0.3 is 0 Å². The van der Waals surface area contributed by atoms with Gasteiger partial charge in [-0.25, -0.2) is 0 Å². The lowest BCUT2D eigenvalue weighted by Crippen LogP contribution is -2.25. The van der Waals surface area contributed by atoms with Crippen LogP contribution in [0.5, 0.6) is 5.75 Å². The molecule has 16 heavy (non-hydrogen) atoms. The monoisotopic (exact) mass is 285 g/mol. The summed E-state index contributed by atoms with van der Waals surface area (Å²) >= 11 is 3.46. The average Bonchev–Trinajstić information content (AvgIpc) is 2.81. The molecule has 0 bridgehead atoms. The Hall–Kier alpha value is -0.580. The van der Waals surface area contributed by atoms with Gasteiger partial charge in [0.2, 0.25) is 0 Å². The first-order valence-corrected chi connectivity index (χ1v) is 6.22. The van der Waals surface area contributed by atoms with Gasteiger partial charge in [-0.2, -0.15) is 0 Å². The van der Waals surface area contributed by atoms with Gasteiger partial charge in [-0.05, 0) is 46.5 Å².